The van der Waals surface area contributed by atoms with Crippen molar-refractivity contribution in [3.05, 3.63) is 33.8 Å². The van der Waals surface area contributed by atoms with Crippen LogP contribution in [0.5, 0.6) is 0 Å². The zero-order chi connectivity index (χ0) is 17.5. The van der Waals surface area contributed by atoms with Crippen molar-refractivity contribution in [3.63, 3.8) is 0 Å². The maximum atomic E-state index is 12.6. The molecular formula is C18H24Cl2N2O2. The molecule has 0 unspecified atom stereocenters. The molecule has 24 heavy (non-hydrogen) atoms. The van der Waals surface area contributed by atoms with Crippen molar-refractivity contribution in [1.82, 2.24) is 10.2 Å². The van der Waals surface area contributed by atoms with E-state index in [-0.39, 0.29) is 17.7 Å². The van der Waals surface area contributed by atoms with Gasteiger partial charge in [0.1, 0.15) is 0 Å². The first-order chi connectivity index (χ1) is 11.5. The fraction of sp³-hybridized carbons (Fsp3) is 0.556. The molecule has 1 saturated heterocycles. The minimum absolute atomic E-state index is 0.00879. The van der Waals surface area contributed by atoms with Crippen molar-refractivity contribution in [2.45, 2.75) is 39.0 Å². The molecule has 1 fully saturated rings. The van der Waals surface area contributed by atoms with Crippen molar-refractivity contribution < 1.29 is 9.59 Å². The standard InChI is InChI=1S/C18H24Cl2N2O2/c1-2-3-4-9-21-17(23)13-7-10-22(11-8-13)18(24)15-12-14(19)5-6-16(15)20/h5-6,12-13H,2-4,7-11H2,1H3,(H,21,23). The van der Waals surface area contributed by atoms with E-state index in [4.69, 9.17) is 23.2 Å². The van der Waals surface area contributed by atoms with Gasteiger partial charge in [-0.15, -0.1) is 0 Å². The maximum Gasteiger partial charge on any atom is 0.255 e. The topological polar surface area (TPSA) is 49.4 Å². The zero-order valence-corrected chi connectivity index (χ0v) is 15.5. The molecule has 2 amide bonds. The number of piperidine rings is 1. The van der Waals surface area contributed by atoms with E-state index >= 15 is 0 Å². The van der Waals surface area contributed by atoms with Gasteiger partial charge in [-0.05, 0) is 37.5 Å². The number of likely N-dealkylation sites (tertiary alicyclic amines) is 1. The number of nitrogens with one attached hydrogen (secondary N) is 1. The molecule has 1 N–H and O–H groups in total. The summed E-state index contributed by atoms with van der Waals surface area (Å²) in [6.07, 6.45) is 4.66. The predicted octanol–water partition coefficient (Wildman–Crippen LogP) is 4.15. The molecule has 1 aliphatic heterocycles. The van der Waals surface area contributed by atoms with Crippen molar-refractivity contribution in [1.29, 1.82) is 0 Å². The number of unbranched alkanes of at least 4 members (excludes halogenated alkanes) is 2. The lowest BCUT2D eigenvalue weighted by Gasteiger charge is -2.31. The number of nitrogens with zero attached hydrogens (tertiary/aromatic N) is 1. The highest BCUT2D eigenvalue weighted by Crippen LogP contribution is 2.25. The Morgan fingerprint density at radius 2 is 1.92 bits per heavy atom. The molecule has 0 aliphatic carbocycles. The fourth-order valence-electron chi connectivity index (χ4n) is 2.91. The highest BCUT2D eigenvalue weighted by Gasteiger charge is 2.28. The normalized spacial score (nSPS) is 15.4. The molecule has 6 heteroatoms. The Morgan fingerprint density at radius 1 is 1.21 bits per heavy atom. The summed E-state index contributed by atoms with van der Waals surface area (Å²) in [5.41, 5.74) is 0.423. The summed E-state index contributed by atoms with van der Waals surface area (Å²) in [4.78, 5) is 26.5. The smallest absolute Gasteiger partial charge is 0.255 e. The van der Waals surface area contributed by atoms with Crippen LogP contribution in [0, 0.1) is 5.92 Å². The number of amides is 2. The highest BCUT2D eigenvalue weighted by molar-refractivity contribution is 6.35. The summed E-state index contributed by atoms with van der Waals surface area (Å²) in [6.45, 7) is 4.01. The molecule has 0 atom stereocenters. The van der Waals surface area contributed by atoms with E-state index in [9.17, 15) is 9.59 Å². The first kappa shape index (κ1) is 19.1. The number of hydrogen-bond acceptors (Lipinski definition) is 2. The highest BCUT2D eigenvalue weighted by atomic mass is 35.5. The number of carbonyl (C=O) groups is 2. The second-order valence-electron chi connectivity index (χ2n) is 6.19. The lowest BCUT2D eigenvalue weighted by atomic mass is 9.95. The van der Waals surface area contributed by atoms with Crippen LogP contribution in [-0.2, 0) is 4.79 Å². The van der Waals surface area contributed by atoms with E-state index < -0.39 is 0 Å². The SMILES string of the molecule is CCCCCNC(=O)C1CCN(C(=O)c2cc(Cl)ccc2Cl)CC1. The van der Waals surface area contributed by atoms with Crippen molar-refractivity contribution in [2.24, 2.45) is 5.92 Å². The Labute approximate surface area is 153 Å². The van der Waals surface area contributed by atoms with Crippen LogP contribution in [-0.4, -0.2) is 36.3 Å². The van der Waals surface area contributed by atoms with Gasteiger partial charge in [0.25, 0.3) is 5.91 Å². The van der Waals surface area contributed by atoms with Crippen LogP contribution >= 0.6 is 23.2 Å². The number of rotatable bonds is 6. The average Bonchev–Trinajstić information content (AvgIpc) is 2.60. The Kier molecular flexibility index (Phi) is 7.38. The van der Waals surface area contributed by atoms with Crippen LogP contribution < -0.4 is 5.32 Å². The third-order valence-corrected chi connectivity index (χ3v) is 4.96. The Balaban J connectivity index is 1.85. The van der Waals surface area contributed by atoms with Gasteiger partial charge >= 0.3 is 0 Å². The Morgan fingerprint density at radius 3 is 2.58 bits per heavy atom. The van der Waals surface area contributed by atoms with Crippen molar-refractivity contribution in [3.8, 4) is 0 Å². The van der Waals surface area contributed by atoms with E-state index in [1.54, 1.807) is 23.1 Å². The van der Waals surface area contributed by atoms with Gasteiger partial charge in [0, 0.05) is 30.6 Å². The molecule has 2 rings (SSSR count). The third kappa shape index (κ3) is 5.12. The molecular weight excluding hydrogens is 347 g/mol. The number of benzene rings is 1. The van der Waals surface area contributed by atoms with E-state index in [1.165, 1.54) is 0 Å². The summed E-state index contributed by atoms with van der Waals surface area (Å²) >= 11 is 12.1. The van der Waals surface area contributed by atoms with Crippen molar-refractivity contribution in [2.75, 3.05) is 19.6 Å². The van der Waals surface area contributed by atoms with Crippen LogP contribution in [0.15, 0.2) is 18.2 Å². The zero-order valence-electron chi connectivity index (χ0n) is 14.0. The van der Waals surface area contributed by atoms with Crippen molar-refractivity contribution >= 4 is 35.0 Å². The molecule has 4 nitrogen and oxygen atoms in total. The number of halogens is 2. The molecule has 0 bridgehead atoms. The molecule has 1 aliphatic rings. The van der Waals surface area contributed by atoms with Gasteiger partial charge in [0.05, 0.1) is 10.6 Å². The Hall–Kier alpha value is -1.26. The van der Waals surface area contributed by atoms with Crippen LogP contribution in [0.2, 0.25) is 10.0 Å². The summed E-state index contributed by atoms with van der Waals surface area (Å²) in [7, 11) is 0. The van der Waals surface area contributed by atoms with Gasteiger partial charge in [-0.3, -0.25) is 9.59 Å². The predicted molar refractivity (Wildman–Crippen MR) is 97.6 cm³/mol. The van der Waals surface area contributed by atoms with Crippen LogP contribution in [0.1, 0.15) is 49.4 Å². The van der Waals surface area contributed by atoms with Gasteiger partial charge in [-0.1, -0.05) is 43.0 Å². The second-order valence-corrected chi connectivity index (χ2v) is 7.03. The fourth-order valence-corrected chi connectivity index (χ4v) is 3.28. The van der Waals surface area contributed by atoms with E-state index in [0.29, 0.717) is 41.5 Å². The third-order valence-electron chi connectivity index (χ3n) is 4.39. The average molecular weight is 371 g/mol. The number of carbonyl (C=O) groups excluding carboxylic acids is 2. The first-order valence-electron chi connectivity index (χ1n) is 8.55. The monoisotopic (exact) mass is 370 g/mol. The van der Waals surface area contributed by atoms with Gasteiger partial charge in [0.15, 0.2) is 0 Å². The summed E-state index contributed by atoms with van der Waals surface area (Å²) < 4.78 is 0. The van der Waals surface area contributed by atoms with Crippen LogP contribution in [0.25, 0.3) is 0 Å². The summed E-state index contributed by atoms with van der Waals surface area (Å²) in [6, 6.07) is 4.89. The quantitative estimate of drug-likeness (QED) is 0.764. The molecule has 0 spiro atoms. The minimum atomic E-state index is -0.121. The Bertz CT molecular complexity index is 584. The largest absolute Gasteiger partial charge is 0.356 e. The van der Waals surface area contributed by atoms with Gasteiger partial charge in [0.2, 0.25) is 5.91 Å². The van der Waals surface area contributed by atoms with Gasteiger partial charge in [-0.25, -0.2) is 0 Å². The molecule has 1 aromatic rings. The lowest BCUT2D eigenvalue weighted by molar-refractivity contribution is -0.126. The van der Waals surface area contributed by atoms with Gasteiger partial charge < -0.3 is 10.2 Å². The molecule has 1 heterocycles. The van der Waals surface area contributed by atoms with E-state index in [0.717, 1.165) is 25.8 Å². The molecule has 0 saturated carbocycles. The van der Waals surface area contributed by atoms with E-state index in [1.807, 2.05) is 0 Å². The maximum absolute atomic E-state index is 12.6. The lowest BCUT2D eigenvalue weighted by Crippen LogP contribution is -2.43. The van der Waals surface area contributed by atoms with Crippen LogP contribution in [0.4, 0.5) is 0 Å². The molecule has 132 valence electrons. The van der Waals surface area contributed by atoms with Gasteiger partial charge in [-0.2, -0.15) is 0 Å². The summed E-state index contributed by atoms with van der Waals surface area (Å²) in [5, 5.41) is 3.89. The molecule has 0 aromatic heterocycles. The first-order valence-corrected chi connectivity index (χ1v) is 9.30. The van der Waals surface area contributed by atoms with Crippen LogP contribution in [0.3, 0.4) is 0 Å². The minimum Gasteiger partial charge on any atom is -0.356 e. The number of hydrogen-bond donors (Lipinski definition) is 1. The second kappa shape index (κ2) is 9.28. The molecule has 1 aromatic carbocycles. The molecule has 0 radical (unpaired) electrons. The summed E-state index contributed by atoms with van der Waals surface area (Å²) in [5.74, 6) is -0.0196. The van der Waals surface area contributed by atoms with E-state index in [2.05, 4.69) is 12.2 Å².